The van der Waals surface area contributed by atoms with Crippen LogP contribution in [0, 0.1) is 0 Å². The molecule has 2 heterocycles. The monoisotopic (exact) mass is 125 g/mol. The Morgan fingerprint density at radius 2 is 1.56 bits per heavy atom. The first-order valence-electron chi connectivity index (χ1n) is 3.38. The Balaban J connectivity index is 2.01. The van der Waals surface area contributed by atoms with Crippen molar-refractivity contribution in [2.75, 3.05) is 33.2 Å². The summed E-state index contributed by atoms with van der Waals surface area (Å²) in [6.45, 7) is 4.85. The normalized spacial score (nSPS) is 21.9. The van der Waals surface area contributed by atoms with Gasteiger partial charge in [-0.05, 0) is 0 Å². The van der Waals surface area contributed by atoms with Crippen molar-refractivity contribution in [2.24, 2.45) is 4.99 Å². The third-order valence-corrected chi connectivity index (χ3v) is 1.66. The second-order valence-corrected chi connectivity index (χ2v) is 2.50. The predicted octanol–water partition coefficient (Wildman–Crippen LogP) is -0.397. The molecular weight excluding hydrogens is 114 g/mol. The smallest absolute Gasteiger partial charge is 0.196 e. The first kappa shape index (κ1) is 5.09. The van der Waals surface area contributed by atoms with E-state index in [2.05, 4.69) is 14.8 Å². The Kier molecular flexibility index (Phi) is 0.917. The van der Waals surface area contributed by atoms with Gasteiger partial charge in [0.1, 0.15) is 0 Å². The molecule has 2 aliphatic heterocycles. The summed E-state index contributed by atoms with van der Waals surface area (Å²) < 4.78 is 0. The highest BCUT2D eigenvalue weighted by Gasteiger charge is 2.31. The van der Waals surface area contributed by atoms with E-state index in [1.54, 1.807) is 0 Å². The van der Waals surface area contributed by atoms with Crippen LogP contribution < -0.4 is 0 Å². The van der Waals surface area contributed by atoms with Gasteiger partial charge in [0.05, 0.1) is 0 Å². The van der Waals surface area contributed by atoms with Gasteiger partial charge in [0.15, 0.2) is 5.96 Å². The average molecular weight is 125 g/mol. The molecule has 0 atom stereocenters. The van der Waals surface area contributed by atoms with Crippen LogP contribution >= 0.6 is 0 Å². The lowest BCUT2D eigenvalue weighted by Crippen LogP contribution is -2.20. The lowest BCUT2D eigenvalue weighted by molar-refractivity contribution is 0.680. The van der Waals surface area contributed by atoms with Crippen molar-refractivity contribution in [1.82, 2.24) is 9.80 Å². The van der Waals surface area contributed by atoms with E-state index in [9.17, 15) is 0 Å². The van der Waals surface area contributed by atoms with Gasteiger partial charge in [0.2, 0.25) is 0 Å². The van der Waals surface area contributed by atoms with Crippen LogP contribution in [0.5, 0.6) is 0 Å². The van der Waals surface area contributed by atoms with Crippen molar-refractivity contribution in [1.29, 1.82) is 0 Å². The Bertz CT molecular complexity index is 130. The highest BCUT2D eigenvalue weighted by molar-refractivity contribution is 5.83. The molecule has 9 heavy (non-hydrogen) atoms. The van der Waals surface area contributed by atoms with E-state index in [0.29, 0.717) is 0 Å². The van der Waals surface area contributed by atoms with Gasteiger partial charge in [-0.15, -0.1) is 0 Å². The fraction of sp³-hybridized carbons (Fsp3) is 0.833. The Labute approximate surface area is 55.0 Å². The molecule has 2 saturated heterocycles. The number of rotatable bonds is 0. The molecule has 0 saturated carbocycles. The Morgan fingerprint density at radius 1 is 1.11 bits per heavy atom. The van der Waals surface area contributed by atoms with E-state index < -0.39 is 0 Å². The second-order valence-electron chi connectivity index (χ2n) is 2.50. The minimum Gasteiger partial charge on any atom is -0.339 e. The zero-order chi connectivity index (χ0) is 6.27. The number of hydrogen-bond donors (Lipinski definition) is 0. The zero-order valence-corrected chi connectivity index (χ0v) is 5.67. The molecule has 3 heteroatoms. The highest BCUT2D eigenvalue weighted by Crippen LogP contribution is 2.14. The van der Waals surface area contributed by atoms with Crippen molar-refractivity contribution in [2.45, 2.75) is 0 Å². The van der Waals surface area contributed by atoms with E-state index >= 15 is 0 Å². The number of nitrogens with zero attached hydrogens (tertiary/aromatic N) is 3. The summed E-state index contributed by atoms with van der Waals surface area (Å²) in [5.74, 6) is 1.20. The molecule has 0 aliphatic carbocycles. The summed E-state index contributed by atoms with van der Waals surface area (Å²) in [5, 5.41) is 0. The van der Waals surface area contributed by atoms with Gasteiger partial charge in [0, 0.05) is 33.2 Å². The van der Waals surface area contributed by atoms with E-state index in [4.69, 9.17) is 0 Å². The van der Waals surface area contributed by atoms with Gasteiger partial charge in [-0.25, -0.2) is 0 Å². The fourth-order valence-corrected chi connectivity index (χ4v) is 0.983. The fourth-order valence-electron chi connectivity index (χ4n) is 0.983. The molecule has 0 aromatic carbocycles. The first-order valence-corrected chi connectivity index (χ1v) is 3.38. The van der Waals surface area contributed by atoms with Crippen LogP contribution in [0.4, 0.5) is 0 Å². The van der Waals surface area contributed by atoms with Crippen molar-refractivity contribution in [3.05, 3.63) is 0 Å². The van der Waals surface area contributed by atoms with Crippen LogP contribution in [-0.4, -0.2) is 49.0 Å². The number of aliphatic imine (C=N–C) groups is 1. The molecule has 50 valence electrons. The average Bonchev–Trinajstić information content (AvgIpc) is 2.61. The van der Waals surface area contributed by atoms with E-state index in [-0.39, 0.29) is 0 Å². The van der Waals surface area contributed by atoms with Crippen molar-refractivity contribution in [3.8, 4) is 0 Å². The summed E-state index contributed by atoms with van der Waals surface area (Å²) >= 11 is 0. The van der Waals surface area contributed by atoms with Gasteiger partial charge < -0.3 is 9.80 Å². The summed E-state index contributed by atoms with van der Waals surface area (Å²) in [5.41, 5.74) is 0. The van der Waals surface area contributed by atoms with E-state index in [1.807, 2.05) is 7.05 Å². The SMILES string of the molecule is CN=C(N1CC1)N1CC1. The molecule has 2 rings (SSSR count). The molecule has 0 bridgehead atoms. The molecule has 2 aliphatic rings. The van der Waals surface area contributed by atoms with Crippen LogP contribution in [0.2, 0.25) is 0 Å². The summed E-state index contributed by atoms with van der Waals surface area (Å²) in [6.07, 6.45) is 0. The van der Waals surface area contributed by atoms with Crippen LogP contribution in [0.3, 0.4) is 0 Å². The van der Waals surface area contributed by atoms with Gasteiger partial charge in [-0.1, -0.05) is 0 Å². The minimum absolute atomic E-state index is 1.20. The molecule has 3 nitrogen and oxygen atoms in total. The van der Waals surface area contributed by atoms with E-state index in [0.717, 1.165) is 0 Å². The molecule has 0 unspecified atom stereocenters. The minimum atomic E-state index is 1.20. The third kappa shape index (κ3) is 0.866. The molecule has 0 amide bonds. The predicted molar refractivity (Wildman–Crippen MR) is 36.5 cm³/mol. The maximum atomic E-state index is 4.18. The van der Waals surface area contributed by atoms with Crippen LogP contribution in [-0.2, 0) is 0 Å². The Morgan fingerprint density at radius 3 is 1.78 bits per heavy atom. The molecule has 0 aromatic rings. The van der Waals surface area contributed by atoms with Crippen LogP contribution in [0.15, 0.2) is 4.99 Å². The van der Waals surface area contributed by atoms with Gasteiger partial charge >= 0.3 is 0 Å². The molecule has 2 fully saturated rings. The van der Waals surface area contributed by atoms with Crippen LogP contribution in [0.25, 0.3) is 0 Å². The maximum Gasteiger partial charge on any atom is 0.196 e. The maximum absolute atomic E-state index is 4.18. The van der Waals surface area contributed by atoms with Gasteiger partial charge in [-0.2, -0.15) is 0 Å². The van der Waals surface area contributed by atoms with Crippen molar-refractivity contribution < 1.29 is 0 Å². The lowest BCUT2D eigenvalue weighted by Gasteiger charge is -2.05. The van der Waals surface area contributed by atoms with Crippen LogP contribution in [0.1, 0.15) is 0 Å². The summed E-state index contributed by atoms with van der Waals surface area (Å²) in [4.78, 5) is 8.75. The zero-order valence-electron chi connectivity index (χ0n) is 5.67. The Hall–Kier alpha value is -0.730. The highest BCUT2D eigenvalue weighted by atomic mass is 15.5. The van der Waals surface area contributed by atoms with E-state index in [1.165, 1.54) is 32.1 Å². The third-order valence-electron chi connectivity index (χ3n) is 1.66. The standard InChI is InChI=1S/C6H11N3/c1-7-6(8-2-3-8)9-4-5-9/h2-5H2,1H3. The summed E-state index contributed by atoms with van der Waals surface area (Å²) in [7, 11) is 1.87. The topological polar surface area (TPSA) is 18.4 Å². The quantitative estimate of drug-likeness (QED) is 0.249. The van der Waals surface area contributed by atoms with Gasteiger partial charge in [0.25, 0.3) is 0 Å². The molecule has 0 aromatic heterocycles. The lowest BCUT2D eigenvalue weighted by atomic mass is 10.9. The van der Waals surface area contributed by atoms with Crippen molar-refractivity contribution in [3.63, 3.8) is 0 Å². The number of hydrogen-bond acceptors (Lipinski definition) is 1. The molecule has 0 radical (unpaired) electrons. The second kappa shape index (κ2) is 1.62. The molecule has 0 spiro atoms. The summed E-state index contributed by atoms with van der Waals surface area (Å²) in [6, 6.07) is 0. The largest absolute Gasteiger partial charge is 0.339 e. The van der Waals surface area contributed by atoms with Crippen molar-refractivity contribution >= 4 is 5.96 Å². The number of guanidine groups is 1. The first-order chi connectivity index (χ1) is 4.42. The van der Waals surface area contributed by atoms with Gasteiger partial charge in [-0.3, -0.25) is 4.99 Å². The molecular formula is C6H11N3. The molecule has 0 N–H and O–H groups in total.